The van der Waals surface area contributed by atoms with Gasteiger partial charge in [-0.05, 0) is 18.2 Å². The first-order valence-electron chi connectivity index (χ1n) is 5.16. The van der Waals surface area contributed by atoms with E-state index in [-0.39, 0.29) is 11.5 Å². The van der Waals surface area contributed by atoms with E-state index >= 15 is 0 Å². The lowest BCUT2D eigenvalue weighted by Crippen LogP contribution is -2.16. The molecule has 6 nitrogen and oxygen atoms in total. The predicted octanol–water partition coefficient (Wildman–Crippen LogP) is 1.29. The molecule has 1 aromatic heterocycles. The summed E-state index contributed by atoms with van der Waals surface area (Å²) in [5.41, 5.74) is 1.16. The normalized spacial score (nSPS) is 10.1. The SMILES string of the molecule is NNc1c(F)cc(C(=O)Nc2ncccn2)cc1F. The number of carbonyl (C=O) groups is 1. The summed E-state index contributed by atoms with van der Waals surface area (Å²) in [6.45, 7) is 0. The molecule has 0 saturated carbocycles. The summed E-state index contributed by atoms with van der Waals surface area (Å²) in [6.07, 6.45) is 2.84. The number of nitrogen functional groups attached to an aromatic ring is 1. The number of nitrogens with zero attached hydrogens (tertiary/aromatic N) is 2. The van der Waals surface area contributed by atoms with Crippen molar-refractivity contribution >= 4 is 17.5 Å². The molecule has 0 unspecified atom stereocenters. The number of carbonyl (C=O) groups excluding carboxylic acids is 1. The van der Waals surface area contributed by atoms with Crippen molar-refractivity contribution in [3.8, 4) is 0 Å². The highest BCUT2D eigenvalue weighted by Crippen LogP contribution is 2.20. The average molecular weight is 265 g/mol. The lowest BCUT2D eigenvalue weighted by Gasteiger charge is -2.07. The van der Waals surface area contributed by atoms with E-state index in [1.165, 1.54) is 12.4 Å². The van der Waals surface area contributed by atoms with Gasteiger partial charge in [-0.2, -0.15) is 0 Å². The number of nitrogens with two attached hydrogens (primary N) is 1. The third-order valence-corrected chi connectivity index (χ3v) is 2.24. The molecule has 0 bridgehead atoms. The maximum Gasteiger partial charge on any atom is 0.258 e. The minimum absolute atomic E-state index is 0.0364. The second-order valence-electron chi connectivity index (χ2n) is 3.49. The Labute approximate surface area is 106 Å². The van der Waals surface area contributed by atoms with Crippen LogP contribution in [0, 0.1) is 11.6 Å². The van der Waals surface area contributed by atoms with E-state index in [1.54, 1.807) is 6.07 Å². The second-order valence-corrected chi connectivity index (χ2v) is 3.49. The van der Waals surface area contributed by atoms with Gasteiger partial charge in [0.25, 0.3) is 5.91 Å². The zero-order valence-electron chi connectivity index (χ0n) is 9.52. The highest BCUT2D eigenvalue weighted by Gasteiger charge is 2.15. The molecule has 1 heterocycles. The Hall–Kier alpha value is -2.61. The minimum atomic E-state index is -0.971. The lowest BCUT2D eigenvalue weighted by molar-refractivity contribution is 0.102. The number of hydrogen-bond donors (Lipinski definition) is 3. The van der Waals surface area contributed by atoms with Gasteiger partial charge in [0.1, 0.15) is 5.69 Å². The summed E-state index contributed by atoms with van der Waals surface area (Å²) >= 11 is 0. The average Bonchev–Trinajstić information content (AvgIpc) is 2.39. The van der Waals surface area contributed by atoms with Gasteiger partial charge in [0.15, 0.2) is 11.6 Å². The Morgan fingerprint density at radius 1 is 1.16 bits per heavy atom. The van der Waals surface area contributed by atoms with E-state index in [0.29, 0.717) is 0 Å². The molecule has 1 amide bonds. The fourth-order valence-corrected chi connectivity index (χ4v) is 1.38. The van der Waals surface area contributed by atoms with Crippen LogP contribution in [0.15, 0.2) is 30.6 Å². The van der Waals surface area contributed by atoms with E-state index in [0.717, 1.165) is 12.1 Å². The molecule has 2 aromatic rings. The monoisotopic (exact) mass is 265 g/mol. The maximum atomic E-state index is 13.4. The molecule has 0 aliphatic rings. The van der Waals surface area contributed by atoms with Crippen LogP contribution in [-0.4, -0.2) is 15.9 Å². The maximum absolute atomic E-state index is 13.4. The van der Waals surface area contributed by atoms with Crippen LogP contribution < -0.4 is 16.6 Å². The molecule has 0 spiro atoms. The Balaban J connectivity index is 2.25. The highest BCUT2D eigenvalue weighted by atomic mass is 19.1. The van der Waals surface area contributed by atoms with Crippen molar-refractivity contribution in [2.45, 2.75) is 0 Å². The lowest BCUT2D eigenvalue weighted by atomic mass is 10.1. The fraction of sp³-hybridized carbons (Fsp3) is 0. The van der Waals surface area contributed by atoms with Crippen molar-refractivity contribution < 1.29 is 13.6 Å². The number of hydrogen-bond acceptors (Lipinski definition) is 5. The first-order chi connectivity index (χ1) is 9.11. The number of rotatable bonds is 3. The van der Waals surface area contributed by atoms with Gasteiger partial charge < -0.3 is 5.43 Å². The van der Waals surface area contributed by atoms with Gasteiger partial charge in [-0.15, -0.1) is 0 Å². The molecule has 4 N–H and O–H groups in total. The first-order valence-corrected chi connectivity index (χ1v) is 5.16. The van der Waals surface area contributed by atoms with Crippen molar-refractivity contribution in [1.29, 1.82) is 0 Å². The number of hydrazine groups is 1. The molecule has 0 fully saturated rings. The van der Waals surface area contributed by atoms with Crippen molar-refractivity contribution in [2.75, 3.05) is 10.7 Å². The van der Waals surface area contributed by atoms with Crippen molar-refractivity contribution in [1.82, 2.24) is 9.97 Å². The molecule has 0 radical (unpaired) electrons. The zero-order chi connectivity index (χ0) is 13.8. The quantitative estimate of drug-likeness (QED) is 0.574. The van der Waals surface area contributed by atoms with Crippen molar-refractivity contribution in [3.63, 3.8) is 0 Å². The van der Waals surface area contributed by atoms with E-state index < -0.39 is 23.2 Å². The first kappa shape index (κ1) is 12.8. The van der Waals surface area contributed by atoms with Crippen LogP contribution >= 0.6 is 0 Å². The second kappa shape index (κ2) is 5.36. The Morgan fingerprint density at radius 3 is 2.26 bits per heavy atom. The van der Waals surface area contributed by atoms with E-state index in [1.807, 2.05) is 5.43 Å². The van der Waals surface area contributed by atoms with Gasteiger partial charge in [-0.25, -0.2) is 18.7 Å². The number of aromatic nitrogens is 2. The van der Waals surface area contributed by atoms with Gasteiger partial charge >= 0.3 is 0 Å². The molecule has 98 valence electrons. The number of halogens is 2. The summed E-state index contributed by atoms with van der Waals surface area (Å²) in [7, 11) is 0. The number of nitrogens with one attached hydrogen (secondary N) is 2. The van der Waals surface area contributed by atoms with Crippen molar-refractivity contribution in [2.24, 2.45) is 5.84 Å². The molecule has 19 heavy (non-hydrogen) atoms. The molecule has 8 heteroatoms. The Bertz CT molecular complexity index is 582. The highest BCUT2D eigenvalue weighted by molar-refractivity contribution is 6.03. The molecule has 1 aromatic carbocycles. The molecule has 2 rings (SSSR count). The molecule has 0 aliphatic carbocycles. The predicted molar refractivity (Wildman–Crippen MR) is 64.2 cm³/mol. The van der Waals surface area contributed by atoms with Crippen LogP contribution in [-0.2, 0) is 0 Å². The van der Waals surface area contributed by atoms with Crippen LogP contribution in [0.2, 0.25) is 0 Å². The van der Waals surface area contributed by atoms with Gasteiger partial charge in [-0.1, -0.05) is 0 Å². The fourth-order valence-electron chi connectivity index (χ4n) is 1.38. The van der Waals surface area contributed by atoms with Crippen LogP contribution in [0.4, 0.5) is 20.4 Å². The number of anilines is 2. The largest absolute Gasteiger partial charge is 0.319 e. The standard InChI is InChI=1S/C11H9F2N5O/c12-7-4-6(5-8(13)9(7)18-14)10(19)17-11-15-2-1-3-16-11/h1-5,18H,14H2,(H,15,16,17,19). The zero-order valence-corrected chi connectivity index (χ0v) is 9.52. The molecular formula is C11H9F2N5O. The third-order valence-electron chi connectivity index (χ3n) is 2.24. The Morgan fingerprint density at radius 2 is 1.74 bits per heavy atom. The smallest absolute Gasteiger partial charge is 0.258 e. The topological polar surface area (TPSA) is 92.9 Å². The minimum Gasteiger partial charge on any atom is -0.319 e. The van der Waals surface area contributed by atoms with Crippen molar-refractivity contribution in [3.05, 3.63) is 47.8 Å². The number of benzene rings is 1. The molecule has 0 atom stereocenters. The summed E-state index contributed by atoms with van der Waals surface area (Å²) in [5.74, 6) is 2.32. The summed E-state index contributed by atoms with van der Waals surface area (Å²) in [5, 5.41) is 2.30. The van der Waals surface area contributed by atoms with Gasteiger partial charge in [-0.3, -0.25) is 16.0 Å². The van der Waals surface area contributed by atoms with Gasteiger partial charge in [0.2, 0.25) is 5.95 Å². The number of amides is 1. The van der Waals surface area contributed by atoms with Crippen LogP contribution in [0.5, 0.6) is 0 Å². The third kappa shape index (κ3) is 2.80. The van der Waals surface area contributed by atoms with E-state index in [2.05, 4.69) is 15.3 Å². The van der Waals surface area contributed by atoms with E-state index in [9.17, 15) is 13.6 Å². The summed E-state index contributed by atoms with van der Waals surface area (Å²) < 4.78 is 26.8. The molecule has 0 aliphatic heterocycles. The van der Waals surface area contributed by atoms with Crippen LogP contribution in [0.3, 0.4) is 0 Å². The molecular weight excluding hydrogens is 256 g/mol. The summed E-state index contributed by atoms with van der Waals surface area (Å²) in [4.78, 5) is 19.3. The Kier molecular flexibility index (Phi) is 3.62. The van der Waals surface area contributed by atoms with Gasteiger partial charge in [0.05, 0.1) is 0 Å². The molecule has 0 saturated heterocycles. The van der Waals surface area contributed by atoms with Crippen LogP contribution in [0.1, 0.15) is 10.4 Å². The van der Waals surface area contributed by atoms with E-state index in [4.69, 9.17) is 5.84 Å². The summed E-state index contributed by atoms with van der Waals surface area (Å²) in [6, 6.07) is 3.28. The van der Waals surface area contributed by atoms with Crippen LogP contribution in [0.25, 0.3) is 0 Å². The van der Waals surface area contributed by atoms with Gasteiger partial charge in [0, 0.05) is 18.0 Å².